The summed E-state index contributed by atoms with van der Waals surface area (Å²) in [6.45, 7) is 4.23. The van der Waals surface area contributed by atoms with Crippen LogP contribution in [-0.2, 0) is 4.79 Å². The first-order chi connectivity index (χ1) is 13.6. The van der Waals surface area contributed by atoms with Crippen molar-refractivity contribution in [1.82, 2.24) is 10.4 Å². The minimum atomic E-state index is -0.205. The number of hydrogen-bond donors (Lipinski definition) is 2. The number of carbonyl (C=O) groups is 1. The summed E-state index contributed by atoms with van der Waals surface area (Å²) in [5.74, 6) is 0.487. The van der Waals surface area contributed by atoms with Gasteiger partial charge >= 0.3 is 0 Å². The van der Waals surface area contributed by atoms with Crippen molar-refractivity contribution in [2.24, 2.45) is 5.10 Å². The fourth-order valence-electron chi connectivity index (χ4n) is 2.63. The lowest BCUT2D eigenvalue weighted by molar-refractivity contribution is -0.118. The van der Waals surface area contributed by atoms with E-state index in [1.54, 1.807) is 12.1 Å². The Labute approximate surface area is 167 Å². The Morgan fingerprint density at radius 3 is 2.93 bits per heavy atom. The van der Waals surface area contributed by atoms with Crippen LogP contribution in [0.15, 0.2) is 58.5 Å². The molecule has 1 aromatic heterocycles. The molecule has 2 aromatic carbocycles. The zero-order valence-electron chi connectivity index (χ0n) is 15.7. The van der Waals surface area contributed by atoms with Gasteiger partial charge in [0.05, 0.1) is 24.1 Å². The van der Waals surface area contributed by atoms with Crippen LogP contribution < -0.4 is 10.2 Å². The van der Waals surface area contributed by atoms with Crippen LogP contribution in [0, 0.1) is 6.92 Å². The number of thioether (sulfide) groups is 1. The van der Waals surface area contributed by atoms with E-state index < -0.39 is 0 Å². The Hall–Kier alpha value is -3.06. The highest BCUT2D eigenvalue weighted by molar-refractivity contribution is 8.00. The molecule has 0 fully saturated rings. The molecule has 1 heterocycles. The van der Waals surface area contributed by atoms with E-state index in [4.69, 9.17) is 4.74 Å². The van der Waals surface area contributed by atoms with Gasteiger partial charge in [0.1, 0.15) is 0 Å². The fourth-order valence-corrected chi connectivity index (χ4v) is 3.56. The number of aromatic hydroxyl groups is 1. The summed E-state index contributed by atoms with van der Waals surface area (Å²) in [5.41, 5.74) is 5.07. The zero-order chi connectivity index (χ0) is 19.9. The van der Waals surface area contributed by atoms with E-state index in [-0.39, 0.29) is 17.4 Å². The summed E-state index contributed by atoms with van der Waals surface area (Å²) in [5, 5.41) is 14.7. The third-order valence-electron chi connectivity index (χ3n) is 3.85. The number of pyridine rings is 1. The molecule has 3 rings (SSSR count). The second-order valence-electron chi connectivity index (χ2n) is 6.02. The molecule has 144 valence electrons. The smallest absolute Gasteiger partial charge is 0.250 e. The van der Waals surface area contributed by atoms with Crippen molar-refractivity contribution >= 4 is 34.8 Å². The van der Waals surface area contributed by atoms with Crippen molar-refractivity contribution in [3.05, 3.63) is 59.8 Å². The third-order valence-corrected chi connectivity index (χ3v) is 4.91. The summed E-state index contributed by atoms with van der Waals surface area (Å²) >= 11 is 1.45. The number of phenolic OH excluding ortho intramolecular Hbond substituents is 1. The minimum absolute atomic E-state index is 0.0688. The number of rotatable bonds is 7. The monoisotopic (exact) mass is 395 g/mol. The number of fused-ring (bicyclic) bond motifs is 1. The zero-order valence-corrected chi connectivity index (χ0v) is 16.5. The summed E-state index contributed by atoms with van der Waals surface area (Å²) in [7, 11) is 0. The lowest BCUT2D eigenvalue weighted by atomic mass is 10.2. The maximum atomic E-state index is 12.1. The summed E-state index contributed by atoms with van der Waals surface area (Å²) in [6, 6.07) is 14.7. The largest absolute Gasteiger partial charge is 0.504 e. The van der Waals surface area contributed by atoms with Crippen LogP contribution >= 0.6 is 11.8 Å². The van der Waals surface area contributed by atoms with Gasteiger partial charge in [0.15, 0.2) is 11.5 Å². The molecule has 0 saturated heterocycles. The number of phenols is 1. The number of para-hydroxylation sites is 1. The molecular formula is C21H21N3O3S. The molecule has 28 heavy (non-hydrogen) atoms. The summed E-state index contributed by atoms with van der Waals surface area (Å²) in [4.78, 5) is 17.6. The standard InChI is InChI=1S/C21H21N3O3S/c1-3-27-19-11-15(8-9-18(19)25)12-22-24-21(26)13-28-20-10-14(2)23-17-7-5-4-6-16(17)20/h4-12,25H,3,13H2,1-2H3,(H,24,26)/b22-12+. The number of amides is 1. The van der Waals surface area contributed by atoms with E-state index >= 15 is 0 Å². The molecule has 7 heteroatoms. The minimum Gasteiger partial charge on any atom is -0.504 e. The lowest BCUT2D eigenvalue weighted by Crippen LogP contribution is -2.19. The molecule has 0 atom stereocenters. The van der Waals surface area contributed by atoms with Gasteiger partial charge in [-0.2, -0.15) is 5.10 Å². The lowest BCUT2D eigenvalue weighted by Gasteiger charge is -2.07. The highest BCUT2D eigenvalue weighted by Gasteiger charge is 2.07. The van der Waals surface area contributed by atoms with E-state index in [0.717, 1.165) is 21.5 Å². The van der Waals surface area contributed by atoms with Crippen molar-refractivity contribution in [3.8, 4) is 11.5 Å². The normalized spacial score (nSPS) is 11.1. The molecule has 0 aliphatic heterocycles. The fraction of sp³-hybridized carbons (Fsp3) is 0.190. The maximum absolute atomic E-state index is 12.1. The van der Waals surface area contributed by atoms with Crippen molar-refractivity contribution < 1.29 is 14.6 Å². The first-order valence-electron chi connectivity index (χ1n) is 8.83. The molecule has 0 saturated carbocycles. The van der Waals surface area contributed by atoms with Crippen LogP contribution in [0.1, 0.15) is 18.2 Å². The number of nitrogens with one attached hydrogen (secondary N) is 1. The van der Waals surface area contributed by atoms with Crippen LogP contribution in [0.5, 0.6) is 11.5 Å². The number of ether oxygens (including phenoxy) is 1. The molecule has 0 aliphatic carbocycles. The average Bonchev–Trinajstić information content (AvgIpc) is 2.68. The number of carbonyl (C=O) groups excluding carboxylic acids is 1. The molecular weight excluding hydrogens is 374 g/mol. The molecule has 6 nitrogen and oxygen atoms in total. The number of nitrogens with zero attached hydrogens (tertiary/aromatic N) is 2. The van der Waals surface area contributed by atoms with Gasteiger partial charge in [0.2, 0.25) is 5.91 Å². The SMILES string of the molecule is CCOc1cc(/C=N/NC(=O)CSc2cc(C)nc3ccccc23)ccc1O. The van der Waals surface area contributed by atoms with Crippen LogP contribution in [0.25, 0.3) is 10.9 Å². The highest BCUT2D eigenvalue weighted by Crippen LogP contribution is 2.28. The molecule has 0 unspecified atom stereocenters. The van der Waals surface area contributed by atoms with Gasteiger partial charge < -0.3 is 9.84 Å². The van der Waals surface area contributed by atoms with Gasteiger partial charge in [-0.05, 0) is 49.7 Å². The predicted octanol–water partition coefficient (Wildman–Crippen LogP) is 3.89. The van der Waals surface area contributed by atoms with Gasteiger partial charge in [-0.3, -0.25) is 9.78 Å². The number of benzene rings is 2. The second kappa shape index (κ2) is 9.23. The van der Waals surface area contributed by atoms with Gasteiger partial charge in [0, 0.05) is 16.0 Å². The maximum Gasteiger partial charge on any atom is 0.250 e. The quantitative estimate of drug-likeness (QED) is 0.360. The van der Waals surface area contributed by atoms with Crippen molar-refractivity contribution in [2.75, 3.05) is 12.4 Å². The molecule has 3 aromatic rings. The molecule has 1 amide bonds. The van der Waals surface area contributed by atoms with Crippen LogP contribution in [0.4, 0.5) is 0 Å². The molecule has 2 N–H and O–H groups in total. The van der Waals surface area contributed by atoms with E-state index in [0.29, 0.717) is 17.9 Å². The van der Waals surface area contributed by atoms with Crippen molar-refractivity contribution in [3.63, 3.8) is 0 Å². The topological polar surface area (TPSA) is 83.8 Å². The van der Waals surface area contributed by atoms with Crippen LogP contribution in [0.2, 0.25) is 0 Å². The third kappa shape index (κ3) is 5.01. The summed E-state index contributed by atoms with van der Waals surface area (Å²) < 4.78 is 5.33. The Balaban J connectivity index is 1.60. The predicted molar refractivity (Wildman–Crippen MR) is 112 cm³/mol. The number of hydrogen-bond acceptors (Lipinski definition) is 6. The Morgan fingerprint density at radius 2 is 2.11 bits per heavy atom. The first-order valence-corrected chi connectivity index (χ1v) is 9.82. The van der Waals surface area contributed by atoms with Gasteiger partial charge in [0.25, 0.3) is 0 Å². The van der Waals surface area contributed by atoms with E-state index in [1.165, 1.54) is 24.0 Å². The first kappa shape index (κ1) is 19.7. The highest BCUT2D eigenvalue weighted by atomic mass is 32.2. The Bertz CT molecular complexity index is 1020. The Kier molecular flexibility index (Phi) is 6.49. The van der Waals surface area contributed by atoms with Gasteiger partial charge in [-0.1, -0.05) is 18.2 Å². The molecule has 0 spiro atoms. The second-order valence-corrected chi connectivity index (χ2v) is 7.04. The molecule has 0 bridgehead atoms. The summed E-state index contributed by atoms with van der Waals surface area (Å²) in [6.07, 6.45) is 1.51. The van der Waals surface area contributed by atoms with Gasteiger partial charge in [-0.15, -0.1) is 11.8 Å². The van der Waals surface area contributed by atoms with E-state index in [9.17, 15) is 9.90 Å². The van der Waals surface area contributed by atoms with E-state index in [1.807, 2.05) is 44.2 Å². The Morgan fingerprint density at radius 1 is 1.29 bits per heavy atom. The van der Waals surface area contributed by atoms with Crippen molar-refractivity contribution in [2.45, 2.75) is 18.7 Å². The van der Waals surface area contributed by atoms with E-state index in [2.05, 4.69) is 15.5 Å². The number of aryl methyl sites for hydroxylation is 1. The molecule has 0 radical (unpaired) electrons. The van der Waals surface area contributed by atoms with Gasteiger partial charge in [-0.25, -0.2) is 5.43 Å². The van der Waals surface area contributed by atoms with Crippen LogP contribution in [0.3, 0.4) is 0 Å². The number of hydrazone groups is 1. The number of aromatic nitrogens is 1. The van der Waals surface area contributed by atoms with Crippen molar-refractivity contribution in [1.29, 1.82) is 0 Å². The average molecular weight is 395 g/mol. The molecule has 0 aliphatic rings. The van der Waals surface area contributed by atoms with Crippen LogP contribution in [-0.4, -0.2) is 34.6 Å².